The highest BCUT2D eigenvalue weighted by molar-refractivity contribution is 8.01. The minimum atomic E-state index is -1.69. The Hall–Kier alpha value is -0.280. The lowest BCUT2D eigenvalue weighted by Crippen LogP contribution is -2.68. The predicted molar refractivity (Wildman–Crippen MR) is 96.8 cm³/mol. The minimum absolute atomic E-state index is 0.189. The van der Waals surface area contributed by atoms with Gasteiger partial charge in [0.05, 0.1) is 5.57 Å². The third kappa shape index (κ3) is 4.09. The van der Waals surface area contributed by atoms with Gasteiger partial charge >= 0.3 is 5.97 Å². The van der Waals surface area contributed by atoms with Crippen molar-refractivity contribution in [2.45, 2.75) is 34.3 Å². The Labute approximate surface area is 163 Å². The van der Waals surface area contributed by atoms with Crippen molar-refractivity contribution < 1.29 is 19.1 Å². The molecule has 2 unspecified atom stereocenters. The van der Waals surface area contributed by atoms with E-state index in [9.17, 15) is 14.4 Å². The molecule has 24 heavy (non-hydrogen) atoms. The molecule has 0 bridgehead atoms. The molecule has 2 amide bonds. The van der Waals surface area contributed by atoms with Crippen molar-refractivity contribution in [2.24, 2.45) is 0 Å². The van der Waals surface area contributed by atoms with Gasteiger partial charge in [0.25, 0.3) is 5.91 Å². The van der Waals surface area contributed by atoms with Crippen LogP contribution in [0.1, 0.15) is 13.8 Å². The second-order valence-electron chi connectivity index (χ2n) is 5.16. The lowest BCUT2D eigenvalue weighted by atomic mass is 10.1. The summed E-state index contributed by atoms with van der Waals surface area (Å²) < 4.78 is 4.72. The van der Waals surface area contributed by atoms with E-state index in [0.717, 1.165) is 0 Å². The van der Waals surface area contributed by atoms with E-state index in [2.05, 4.69) is 0 Å². The van der Waals surface area contributed by atoms with E-state index < -0.39 is 15.8 Å². The Morgan fingerprint density at radius 1 is 1.46 bits per heavy atom. The smallest absolute Gasteiger partial charge is 0.336 e. The van der Waals surface area contributed by atoms with E-state index >= 15 is 0 Å². The fourth-order valence-electron chi connectivity index (χ4n) is 2.39. The van der Waals surface area contributed by atoms with Crippen LogP contribution in [-0.2, 0) is 19.1 Å². The molecule has 1 fully saturated rings. The van der Waals surface area contributed by atoms with Crippen LogP contribution < -0.4 is 0 Å². The van der Waals surface area contributed by atoms with Crippen LogP contribution in [0.4, 0.5) is 0 Å². The molecule has 0 aromatic carbocycles. The molecule has 0 saturated carbocycles. The number of fused-ring (bicyclic) bond motifs is 1. The number of ether oxygens (including phenoxy) is 1. The maximum absolute atomic E-state index is 12.3. The highest BCUT2D eigenvalue weighted by Gasteiger charge is 2.54. The molecule has 1 saturated heterocycles. The first-order valence-electron chi connectivity index (χ1n) is 6.84. The molecule has 134 valence electrons. The van der Waals surface area contributed by atoms with Gasteiger partial charge < -0.3 is 9.64 Å². The highest BCUT2D eigenvalue weighted by atomic mass is 35.6. The fourth-order valence-corrected chi connectivity index (χ4v) is 4.72. The van der Waals surface area contributed by atoms with Crippen LogP contribution in [-0.4, -0.2) is 60.3 Å². The SMILES string of the molecule is CSN(C(C)=O)C1C(=O)N2C=C(C(=O)OCC(Cl)(Cl)Cl)C(C)S[C@H]12. The Bertz CT molecular complexity index is 596. The molecular weight excluding hydrogens is 419 g/mol. The number of halogens is 3. The molecule has 0 aliphatic carbocycles. The Morgan fingerprint density at radius 3 is 2.58 bits per heavy atom. The topological polar surface area (TPSA) is 66.9 Å². The van der Waals surface area contributed by atoms with Crippen LogP contribution in [0.5, 0.6) is 0 Å². The number of hydrogen-bond acceptors (Lipinski definition) is 6. The van der Waals surface area contributed by atoms with Crippen molar-refractivity contribution in [1.82, 2.24) is 9.21 Å². The summed E-state index contributed by atoms with van der Waals surface area (Å²) in [5, 5.41) is -0.450. The Balaban J connectivity index is 2.12. The van der Waals surface area contributed by atoms with Crippen LogP contribution in [0.3, 0.4) is 0 Å². The average molecular weight is 434 g/mol. The van der Waals surface area contributed by atoms with Crippen LogP contribution in [0.2, 0.25) is 0 Å². The molecule has 11 heteroatoms. The Morgan fingerprint density at radius 2 is 2.08 bits per heavy atom. The molecule has 0 N–H and O–H groups in total. The maximum atomic E-state index is 12.3. The summed E-state index contributed by atoms with van der Waals surface area (Å²) in [6.45, 7) is 2.86. The summed E-state index contributed by atoms with van der Waals surface area (Å²) in [6.07, 6.45) is 3.20. The zero-order chi connectivity index (χ0) is 18.2. The first-order valence-corrected chi connectivity index (χ1v) is 10.1. The number of β-lactam (4-membered cyclic amide) rings is 1. The number of amides is 2. The van der Waals surface area contributed by atoms with Crippen molar-refractivity contribution in [1.29, 1.82) is 0 Å². The first-order chi connectivity index (χ1) is 11.1. The third-order valence-corrected chi connectivity index (χ3v) is 6.10. The number of carbonyl (C=O) groups excluding carboxylic acids is 3. The third-order valence-electron chi connectivity index (χ3n) is 3.47. The zero-order valence-electron chi connectivity index (χ0n) is 13.0. The number of thioether (sulfide) groups is 1. The van der Waals surface area contributed by atoms with Gasteiger partial charge in [0, 0.05) is 24.6 Å². The largest absolute Gasteiger partial charge is 0.458 e. The maximum Gasteiger partial charge on any atom is 0.336 e. The summed E-state index contributed by atoms with van der Waals surface area (Å²) in [7, 11) is 0. The lowest BCUT2D eigenvalue weighted by molar-refractivity contribution is -0.150. The molecular formula is C13H15Cl3N2O4S2. The minimum Gasteiger partial charge on any atom is -0.458 e. The summed E-state index contributed by atoms with van der Waals surface area (Å²) in [5.74, 6) is -1.06. The zero-order valence-corrected chi connectivity index (χ0v) is 16.9. The molecule has 6 nitrogen and oxygen atoms in total. The van der Waals surface area contributed by atoms with Crippen molar-refractivity contribution >= 4 is 76.3 Å². The van der Waals surface area contributed by atoms with Gasteiger partial charge in [0.2, 0.25) is 9.70 Å². The van der Waals surface area contributed by atoms with Gasteiger partial charge in [-0.25, -0.2) is 4.79 Å². The fraction of sp³-hybridized carbons (Fsp3) is 0.615. The number of alkyl halides is 3. The molecule has 0 aromatic heterocycles. The number of nitrogens with zero attached hydrogens (tertiary/aromatic N) is 2. The van der Waals surface area contributed by atoms with Crippen molar-refractivity contribution in [2.75, 3.05) is 12.9 Å². The lowest BCUT2D eigenvalue weighted by Gasteiger charge is -2.51. The highest BCUT2D eigenvalue weighted by Crippen LogP contribution is 2.43. The van der Waals surface area contributed by atoms with E-state index in [1.54, 1.807) is 6.26 Å². The number of hydrogen-bond donors (Lipinski definition) is 0. The first kappa shape index (κ1) is 20.0. The number of rotatable bonds is 4. The second kappa shape index (κ2) is 7.53. The summed E-state index contributed by atoms with van der Waals surface area (Å²) in [4.78, 5) is 37.6. The number of esters is 1. The van der Waals surface area contributed by atoms with E-state index in [-0.39, 0.29) is 29.0 Å². The summed E-state index contributed by atoms with van der Waals surface area (Å²) in [5.41, 5.74) is 0.316. The van der Waals surface area contributed by atoms with Crippen molar-refractivity contribution in [3.8, 4) is 0 Å². The van der Waals surface area contributed by atoms with Gasteiger partial charge in [0.1, 0.15) is 12.0 Å². The number of carbonyl (C=O) groups is 3. The molecule has 0 spiro atoms. The van der Waals surface area contributed by atoms with Gasteiger partial charge in [-0.15, -0.1) is 11.8 Å². The van der Waals surface area contributed by atoms with Crippen LogP contribution in [0.15, 0.2) is 11.8 Å². The summed E-state index contributed by atoms with van der Waals surface area (Å²) in [6, 6.07) is -0.542. The van der Waals surface area contributed by atoms with Crippen LogP contribution >= 0.6 is 58.5 Å². The van der Waals surface area contributed by atoms with Gasteiger partial charge in [-0.2, -0.15) is 0 Å². The molecule has 2 rings (SSSR count). The normalized spacial score (nSPS) is 26.2. The van der Waals surface area contributed by atoms with Crippen molar-refractivity contribution in [3.63, 3.8) is 0 Å². The van der Waals surface area contributed by atoms with E-state index in [0.29, 0.717) is 5.57 Å². The quantitative estimate of drug-likeness (QED) is 0.294. The van der Waals surface area contributed by atoms with Gasteiger partial charge in [-0.3, -0.25) is 13.9 Å². The molecule has 2 heterocycles. The average Bonchev–Trinajstić information content (AvgIpc) is 2.48. The Kier molecular flexibility index (Phi) is 6.29. The van der Waals surface area contributed by atoms with Crippen molar-refractivity contribution in [3.05, 3.63) is 11.8 Å². The standard InChI is InChI=1S/C13H15Cl3N2O4S2/c1-6-8(12(21)22-5-13(14,15)16)4-17-10(20)9(11(17)24-6)18(23-3)7(2)19/h4,6,9,11H,5H2,1-3H3/t6?,9?,11-/m1/s1. The van der Waals surface area contributed by atoms with E-state index in [1.165, 1.54) is 46.0 Å². The van der Waals surface area contributed by atoms with Gasteiger partial charge in [-0.1, -0.05) is 46.8 Å². The monoisotopic (exact) mass is 432 g/mol. The van der Waals surface area contributed by atoms with Crippen LogP contribution in [0.25, 0.3) is 0 Å². The van der Waals surface area contributed by atoms with Gasteiger partial charge in [-0.05, 0) is 6.92 Å². The molecule has 0 radical (unpaired) electrons. The molecule has 2 aliphatic heterocycles. The molecule has 3 atom stereocenters. The van der Waals surface area contributed by atoms with E-state index in [4.69, 9.17) is 39.5 Å². The second-order valence-corrected chi connectivity index (χ2v) is 9.90. The van der Waals surface area contributed by atoms with Crippen LogP contribution in [0, 0.1) is 0 Å². The predicted octanol–water partition coefficient (Wildman–Crippen LogP) is 2.58. The molecule has 2 aliphatic rings. The summed E-state index contributed by atoms with van der Waals surface area (Å²) >= 11 is 19.3. The van der Waals surface area contributed by atoms with E-state index in [1.807, 2.05) is 6.92 Å². The van der Waals surface area contributed by atoms with Gasteiger partial charge in [0.15, 0.2) is 6.04 Å². The molecule has 0 aromatic rings.